The van der Waals surface area contributed by atoms with Gasteiger partial charge in [0, 0.05) is 23.8 Å². The SMILES string of the molecule is CC(C)OC(=O)c1cc(NC(=S)Nc2ccc(S(=O)(=O)Nc3ncccn3)cc2)cc(C(=O)OC(C)C)c1. The number of ether oxygens (including phenoxy) is 2. The molecule has 0 amide bonds. The molecule has 1 aromatic heterocycles. The van der Waals surface area contributed by atoms with Gasteiger partial charge in [0.1, 0.15) is 0 Å². The van der Waals surface area contributed by atoms with E-state index in [1.54, 1.807) is 33.8 Å². The molecule has 0 aliphatic heterocycles. The molecule has 0 bridgehead atoms. The van der Waals surface area contributed by atoms with Gasteiger partial charge in [-0.25, -0.2) is 32.7 Å². The highest BCUT2D eigenvalue weighted by molar-refractivity contribution is 7.92. The lowest BCUT2D eigenvalue weighted by Crippen LogP contribution is -2.21. The van der Waals surface area contributed by atoms with Gasteiger partial charge in [0.2, 0.25) is 5.95 Å². The van der Waals surface area contributed by atoms with Crippen molar-refractivity contribution in [3.8, 4) is 0 Å². The molecule has 0 spiro atoms. The topological polar surface area (TPSA) is 149 Å². The van der Waals surface area contributed by atoms with Gasteiger partial charge in [0.05, 0.1) is 28.2 Å². The molecule has 3 rings (SSSR count). The van der Waals surface area contributed by atoms with Gasteiger partial charge in [0.25, 0.3) is 10.0 Å². The quantitative estimate of drug-likeness (QED) is 0.256. The number of hydrogen-bond acceptors (Lipinski definition) is 9. The Morgan fingerprint density at radius 2 is 1.32 bits per heavy atom. The van der Waals surface area contributed by atoms with Crippen LogP contribution in [0.4, 0.5) is 17.3 Å². The van der Waals surface area contributed by atoms with Gasteiger partial charge >= 0.3 is 11.9 Å². The van der Waals surface area contributed by atoms with Crippen LogP contribution in [-0.4, -0.2) is 47.6 Å². The van der Waals surface area contributed by atoms with E-state index in [2.05, 4.69) is 25.3 Å². The number of anilines is 3. The first-order chi connectivity index (χ1) is 17.9. The van der Waals surface area contributed by atoms with Gasteiger partial charge in [-0.15, -0.1) is 0 Å². The Hall–Kier alpha value is -4.10. The van der Waals surface area contributed by atoms with Crippen LogP contribution in [0.3, 0.4) is 0 Å². The first kappa shape index (κ1) is 28.5. The standard InChI is InChI=1S/C25H27N5O6S2/c1-15(2)35-22(31)17-12-18(23(32)36-16(3)4)14-20(13-17)29-25(37)28-19-6-8-21(9-7-19)38(33,34)30-24-26-10-5-11-27-24/h5-16H,1-4H3,(H,26,27,30)(H2,28,29,37). The molecular weight excluding hydrogens is 530 g/mol. The molecule has 3 N–H and O–H groups in total. The van der Waals surface area contributed by atoms with Crippen LogP contribution >= 0.6 is 12.2 Å². The van der Waals surface area contributed by atoms with Crippen molar-refractivity contribution < 1.29 is 27.5 Å². The molecule has 38 heavy (non-hydrogen) atoms. The number of thiocarbonyl (C=S) groups is 1. The molecule has 1 heterocycles. The Kier molecular flexibility index (Phi) is 9.31. The Balaban J connectivity index is 1.74. The fourth-order valence-electron chi connectivity index (χ4n) is 3.04. The van der Waals surface area contributed by atoms with Crippen LogP contribution < -0.4 is 15.4 Å². The third-order valence-electron chi connectivity index (χ3n) is 4.56. The normalized spacial score (nSPS) is 11.1. The van der Waals surface area contributed by atoms with Gasteiger partial charge in [0.15, 0.2) is 5.11 Å². The van der Waals surface area contributed by atoms with Gasteiger partial charge in [-0.05, 0) is 88.4 Å². The van der Waals surface area contributed by atoms with Crippen molar-refractivity contribution in [3.63, 3.8) is 0 Å². The van der Waals surface area contributed by atoms with Crippen LogP contribution in [0.25, 0.3) is 0 Å². The lowest BCUT2D eigenvalue weighted by atomic mass is 10.1. The molecule has 0 unspecified atom stereocenters. The molecule has 0 fully saturated rings. The number of nitrogens with zero attached hydrogens (tertiary/aromatic N) is 2. The third-order valence-corrected chi connectivity index (χ3v) is 6.11. The van der Waals surface area contributed by atoms with Crippen molar-refractivity contribution in [2.45, 2.75) is 44.8 Å². The Labute approximate surface area is 226 Å². The van der Waals surface area contributed by atoms with Crippen LogP contribution in [0, 0.1) is 0 Å². The van der Waals surface area contributed by atoms with E-state index in [1.165, 1.54) is 54.9 Å². The van der Waals surface area contributed by atoms with Crippen molar-refractivity contribution >= 4 is 56.6 Å². The Morgan fingerprint density at radius 1 is 0.816 bits per heavy atom. The lowest BCUT2D eigenvalue weighted by molar-refractivity contribution is 0.0377. The van der Waals surface area contributed by atoms with Gasteiger partial charge in [-0.3, -0.25) is 0 Å². The number of carbonyl (C=O) groups is 2. The number of benzene rings is 2. The minimum absolute atomic E-state index is 0.000876. The molecule has 0 saturated heterocycles. The highest BCUT2D eigenvalue weighted by atomic mass is 32.2. The smallest absolute Gasteiger partial charge is 0.338 e. The van der Waals surface area contributed by atoms with Crippen molar-refractivity contribution in [3.05, 3.63) is 72.1 Å². The number of hydrogen-bond donors (Lipinski definition) is 3. The summed E-state index contributed by atoms with van der Waals surface area (Å²) in [7, 11) is -3.89. The van der Waals surface area contributed by atoms with Gasteiger partial charge < -0.3 is 20.1 Å². The predicted octanol–water partition coefficient (Wildman–Crippen LogP) is 4.22. The van der Waals surface area contributed by atoms with Gasteiger partial charge in [-0.2, -0.15) is 0 Å². The molecule has 2 aromatic carbocycles. The zero-order valence-electron chi connectivity index (χ0n) is 21.1. The fourth-order valence-corrected chi connectivity index (χ4v) is 4.24. The van der Waals surface area contributed by atoms with Crippen LogP contribution in [0.2, 0.25) is 0 Å². The van der Waals surface area contributed by atoms with Crippen molar-refractivity contribution in [2.75, 3.05) is 15.4 Å². The zero-order valence-corrected chi connectivity index (χ0v) is 22.7. The van der Waals surface area contributed by atoms with Crippen molar-refractivity contribution in [2.24, 2.45) is 0 Å². The molecule has 0 aliphatic carbocycles. The summed E-state index contributed by atoms with van der Waals surface area (Å²) >= 11 is 5.37. The molecule has 0 saturated carbocycles. The van der Waals surface area contributed by atoms with Gasteiger partial charge in [-0.1, -0.05) is 0 Å². The summed E-state index contributed by atoms with van der Waals surface area (Å²) in [6.45, 7) is 6.87. The highest BCUT2D eigenvalue weighted by Crippen LogP contribution is 2.20. The molecule has 0 atom stereocenters. The Bertz CT molecular complexity index is 1370. The van der Waals surface area contributed by atoms with Crippen LogP contribution in [-0.2, 0) is 19.5 Å². The largest absolute Gasteiger partial charge is 0.459 e. The fraction of sp³-hybridized carbons (Fsp3) is 0.240. The van der Waals surface area contributed by atoms with E-state index in [4.69, 9.17) is 21.7 Å². The minimum Gasteiger partial charge on any atom is -0.459 e. The summed E-state index contributed by atoms with van der Waals surface area (Å²) in [5, 5.41) is 5.98. The lowest BCUT2D eigenvalue weighted by Gasteiger charge is -2.15. The molecule has 200 valence electrons. The maximum absolute atomic E-state index is 12.6. The predicted molar refractivity (Wildman–Crippen MR) is 147 cm³/mol. The van der Waals surface area contributed by atoms with E-state index >= 15 is 0 Å². The number of carbonyl (C=O) groups excluding carboxylic acids is 2. The number of nitrogens with one attached hydrogen (secondary N) is 3. The summed E-state index contributed by atoms with van der Waals surface area (Å²) < 4.78 is 37.9. The number of rotatable bonds is 9. The summed E-state index contributed by atoms with van der Waals surface area (Å²) in [6, 6.07) is 11.8. The average Bonchev–Trinajstić information content (AvgIpc) is 2.83. The van der Waals surface area contributed by atoms with E-state index in [1.807, 2.05) is 0 Å². The molecule has 13 heteroatoms. The summed E-state index contributed by atoms with van der Waals surface area (Å²) in [5.74, 6) is -1.25. The number of esters is 2. The second kappa shape index (κ2) is 12.4. The summed E-state index contributed by atoms with van der Waals surface area (Å²) in [6.07, 6.45) is 2.14. The second-order valence-electron chi connectivity index (χ2n) is 8.49. The zero-order chi connectivity index (χ0) is 27.9. The summed E-state index contributed by atoms with van der Waals surface area (Å²) in [4.78, 5) is 32.7. The molecule has 0 aliphatic rings. The van der Waals surface area contributed by atoms with E-state index in [0.717, 1.165) is 0 Å². The van der Waals surface area contributed by atoms with Crippen molar-refractivity contribution in [1.29, 1.82) is 0 Å². The minimum atomic E-state index is -3.89. The van der Waals surface area contributed by atoms with E-state index < -0.39 is 22.0 Å². The molecule has 11 nitrogen and oxygen atoms in total. The maximum atomic E-state index is 12.6. The molecule has 0 radical (unpaired) electrons. The van der Waals surface area contributed by atoms with Crippen molar-refractivity contribution in [1.82, 2.24) is 9.97 Å². The highest BCUT2D eigenvalue weighted by Gasteiger charge is 2.18. The average molecular weight is 558 g/mol. The molecule has 3 aromatic rings. The monoisotopic (exact) mass is 557 g/mol. The van der Waals surface area contributed by atoms with E-state index in [-0.39, 0.29) is 39.3 Å². The van der Waals surface area contributed by atoms with E-state index in [9.17, 15) is 18.0 Å². The van der Waals surface area contributed by atoms with Crippen LogP contribution in [0.5, 0.6) is 0 Å². The van der Waals surface area contributed by atoms with Crippen LogP contribution in [0.15, 0.2) is 65.8 Å². The number of aromatic nitrogens is 2. The molecular formula is C25H27N5O6S2. The summed E-state index contributed by atoms with van der Waals surface area (Å²) in [5.41, 5.74) is 1.13. The van der Waals surface area contributed by atoms with Crippen LogP contribution in [0.1, 0.15) is 48.4 Å². The first-order valence-corrected chi connectivity index (χ1v) is 13.4. The third kappa shape index (κ3) is 8.21. The Morgan fingerprint density at radius 3 is 1.82 bits per heavy atom. The maximum Gasteiger partial charge on any atom is 0.338 e. The first-order valence-electron chi connectivity index (χ1n) is 11.5. The van der Waals surface area contributed by atoms with E-state index in [0.29, 0.717) is 11.4 Å². The number of sulfonamides is 1. The second-order valence-corrected chi connectivity index (χ2v) is 10.6.